The topological polar surface area (TPSA) is 79.3 Å². The van der Waals surface area contributed by atoms with Crippen molar-refractivity contribution >= 4 is 28.3 Å². The van der Waals surface area contributed by atoms with E-state index in [-0.39, 0.29) is 17.7 Å². The van der Waals surface area contributed by atoms with Crippen molar-refractivity contribution in [3.05, 3.63) is 11.1 Å². The predicted octanol–water partition coefficient (Wildman–Crippen LogP) is 3.10. The molecule has 0 bridgehead atoms. The van der Waals surface area contributed by atoms with Crippen molar-refractivity contribution in [2.75, 3.05) is 5.32 Å². The van der Waals surface area contributed by atoms with Gasteiger partial charge in [-0.15, -0.1) is 11.3 Å². The highest BCUT2D eigenvalue weighted by Crippen LogP contribution is 2.30. The molecule has 0 saturated heterocycles. The summed E-state index contributed by atoms with van der Waals surface area (Å²) in [5.74, 6) is -0.796. The number of aliphatic carboxylic acids is 1. The molecule has 0 radical (unpaired) electrons. The van der Waals surface area contributed by atoms with Crippen LogP contribution >= 0.6 is 11.3 Å². The van der Waals surface area contributed by atoms with Gasteiger partial charge in [-0.25, -0.2) is 4.98 Å². The summed E-state index contributed by atoms with van der Waals surface area (Å²) < 4.78 is 0. The summed E-state index contributed by atoms with van der Waals surface area (Å²) in [7, 11) is 0. The maximum absolute atomic E-state index is 12.1. The van der Waals surface area contributed by atoms with Crippen LogP contribution in [0.5, 0.6) is 0 Å². The Kier molecular flexibility index (Phi) is 4.75. The standard InChI is InChI=1S/C14H20N2O3S/c1-8(2)11-7-20-14(15-11)16-12(17)9-3-5-10(6-4-9)13(18)19/h7-10H,3-6H2,1-2H3,(H,18,19)(H,15,16,17). The van der Waals surface area contributed by atoms with Gasteiger partial charge >= 0.3 is 5.97 Å². The fourth-order valence-corrected chi connectivity index (χ4v) is 3.29. The lowest BCUT2D eigenvalue weighted by atomic mass is 9.81. The normalized spacial score (nSPS) is 22.8. The van der Waals surface area contributed by atoms with E-state index >= 15 is 0 Å². The van der Waals surface area contributed by atoms with E-state index in [1.165, 1.54) is 11.3 Å². The van der Waals surface area contributed by atoms with Gasteiger partial charge in [-0.3, -0.25) is 9.59 Å². The van der Waals surface area contributed by atoms with Crippen molar-refractivity contribution < 1.29 is 14.7 Å². The summed E-state index contributed by atoms with van der Waals surface area (Å²) in [4.78, 5) is 27.4. The summed E-state index contributed by atoms with van der Waals surface area (Å²) >= 11 is 1.44. The fourth-order valence-electron chi connectivity index (χ4n) is 2.42. The first kappa shape index (κ1) is 15.0. The molecule has 0 spiro atoms. The number of hydrogen-bond acceptors (Lipinski definition) is 4. The monoisotopic (exact) mass is 296 g/mol. The van der Waals surface area contributed by atoms with Gasteiger partial charge in [0.15, 0.2) is 5.13 Å². The number of anilines is 1. The Labute approximate surface area is 122 Å². The Morgan fingerprint density at radius 1 is 1.30 bits per heavy atom. The van der Waals surface area contributed by atoms with Crippen molar-refractivity contribution in [2.24, 2.45) is 11.8 Å². The quantitative estimate of drug-likeness (QED) is 0.894. The van der Waals surface area contributed by atoms with Gasteiger partial charge in [-0.1, -0.05) is 13.8 Å². The predicted molar refractivity (Wildman–Crippen MR) is 77.9 cm³/mol. The van der Waals surface area contributed by atoms with Crippen LogP contribution in [-0.4, -0.2) is 22.0 Å². The number of nitrogens with zero attached hydrogens (tertiary/aromatic N) is 1. The molecule has 1 fully saturated rings. The summed E-state index contributed by atoms with van der Waals surface area (Å²) in [6, 6.07) is 0. The first-order valence-corrected chi connectivity index (χ1v) is 7.84. The van der Waals surface area contributed by atoms with Gasteiger partial charge in [0.1, 0.15) is 0 Å². The Hall–Kier alpha value is -1.43. The number of carbonyl (C=O) groups is 2. The minimum Gasteiger partial charge on any atom is -0.481 e. The summed E-state index contributed by atoms with van der Waals surface area (Å²) in [5, 5.41) is 14.4. The largest absolute Gasteiger partial charge is 0.481 e. The summed E-state index contributed by atoms with van der Waals surface area (Å²) in [6.07, 6.45) is 2.46. The van der Waals surface area contributed by atoms with Gasteiger partial charge in [0, 0.05) is 11.3 Å². The van der Waals surface area contributed by atoms with E-state index in [9.17, 15) is 9.59 Å². The van der Waals surface area contributed by atoms with Gasteiger partial charge < -0.3 is 10.4 Å². The Bertz CT molecular complexity index is 490. The molecule has 2 N–H and O–H groups in total. The lowest BCUT2D eigenvalue weighted by Gasteiger charge is -2.24. The fraction of sp³-hybridized carbons (Fsp3) is 0.643. The lowest BCUT2D eigenvalue weighted by molar-refractivity contribution is -0.143. The number of nitrogens with one attached hydrogen (secondary N) is 1. The van der Waals surface area contributed by atoms with Crippen LogP contribution in [0.1, 0.15) is 51.1 Å². The first-order valence-electron chi connectivity index (χ1n) is 6.96. The average Bonchev–Trinajstić information content (AvgIpc) is 2.87. The van der Waals surface area contributed by atoms with Crippen molar-refractivity contribution in [1.82, 2.24) is 4.98 Å². The third-order valence-corrected chi connectivity index (χ3v) is 4.57. The molecular formula is C14H20N2O3S. The minimum atomic E-state index is -0.745. The van der Waals surface area contributed by atoms with Gasteiger partial charge in [-0.05, 0) is 31.6 Å². The first-order chi connectivity index (χ1) is 9.47. The van der Waals surface area contributed by atoms with E-state index in [1.54, 1.807) is 0 Å². The molecule has 2 rings (SSSR count). The second-order valence-corrected chi connectivity index (χ2v) is 6.47. The zero-order valence-corrected chi connectivity index (χ0v) is 12.6. The molecule has 6 heteroatoms. The highest BCUT2D eigenvalue weighted by Gasteiger charge is 2.30. The molecule has 20 heavy (non-hydrogen) atoms. The zero-order chi connectivity index (χ0) is 14.7. The highest BCUT2D eigenvalue weighted by atomic mass is 32.1. The van der Waals surface area contributed by atoms with E-state index in [1.807, 2.05) is 5.38 Å². The third-order valence-electron chi connectivity index (χ3n) is 3.79. The molecule has 1 aliphatic carbocycles. The molecular weight excluding hydrogens is 276 g/mol. The van der Waals surface area contributed by atoms with E-state index in [0.717, 1.165) is 5.69 Å². The van der Waals surface area contributed by atoms with Crippen LogP contribution in [0.15, 0.2) is 5.38 Å². The van der Waals surface area contributed by atoms with Gasteiger partial charge in [-0.2, -0.15) is 0 Å². The number of rotatable bonds is 4. The molecule has 1 saturated carbocycles. The summed E-state index contributed by atoms with van der Waals surface area (Å²) in [5.41, 5.74) is 0.986. The molecule has 1 heterocycles. The van der Waals surface area contributed by atoms with Crippen LogP contribution in [0.4, 0.5) is 5.13 Å². The van der Waals surface area contributed by atoms with Crippen molar-refractivity contribution in [1.29, 1.82) is 0 Å². The highest BCUT2D eigenvalue weighted by molar-refractivity contribution is 7.13. The zero-order valence-electron chi connectivity index (χ0n) is 11.8. The molecule has 110 valence electrons. The molecule has 1 aromatic heterocycles. The molecule has 0 aliphatic heterocycles. The Balaban J connectivity index is 1.87. The van der Waals surface area contributed by atoms with Crippen LogP contribution < -0.4 is 5.32 Å². The van der Waals surface area contributed by atoms with Crippen LogP contribution in [0.2, 0.25) is 0 Å². The lowest BCUT2D eigenvalue weighted by Crippen LogP contribution is -2.29. The third kappa shape index (κ3) is 3.56. The maximum atomic E-state index is 12.1. The van der Waals surface area contributed by atoms with Gasteiger partial charge in [0.05, 0.1) is 11.6 Å². The van der Waals surface area contributed by atoms with Crippen molar-refractivity contribution in [3.8, 4) is 0 Å². The van der Waals surface area contributed by atoms with Crippen LogP contribution in [0.3, 0.4) is 0 Å². The van der Waals surface area contributed by atoms with Crippen LogP contribution in [-0.2, 0) is 9.59 Å². The number of aromatic nitrogens is 1. The smallest absolute Gasteiger partial charge is 0.306 e. The number of thiazole rings is 1. The maximum Gasteiger partial charge on any atom is 0.306 e. The van der Waals surface area contributed by atoms with Crippen molar-refractivity contribution in [3.63, 3.8) is 0 Å². The van der Waals surface area contributed by atoms with E-state index in [0.29, 0.717) is 36.7 Å². The Morgan fingerprint density at radius 3 is 2.40 bits per heavy atom. The molecule has 1 aliphatic rings. The number of carboxylic acid groups (broad SMARTS) is 1. The van der Waals surface area contributed by atoms with Gasteiger partial charge in [0.2, 0.25) is 5.91 Å². The van der Waals surface area contributed by atoms with Gasteiger partial charge in [0.25, 0.3) is 0 Å². The van der Waals surface area contributed by atoms with Crippen molar-refractivity contribution in [2.45, 2.75) is 45.4 Å². The molecule has 0 unspecified atom stereocenters. The number of carboxylic acids is 1. The van der Waals surface area contributed by atoms with E-state index in [4.69, 9.17) is 5.11 Å². The SMILES string of the molecule is CC(C)c1csc(NC(=O)C2CCC(C(=O)O)CC2)n1. The van der Waals surface area contributed by atoms with E-state index in [2.05, 4.69) is 24.1 Å². The molecule has 5 nitrogen and oxygen atoms in total. The van der Waals surface area contributed by atoms with Crippen LogP contribution in [0, 0.1) is 11.8 Å². The second kappa shape index (κ2) is 6.35. The van der Waals surface area contributed by atoms with E-state index < -0.39 is 5.97 Å². The number of amides is 1. The Morgan fingerprint density at radius 2 is 1.90 bits per heavy atom. The average molecular weight is 296 g/mol. The number of hydrogen-bond donors (Lipinski definition) is 2. The summed E-state index contributed by atoms with van der Waals surface area (Å²) in [6.45, 7) is 4.13. The minimum absolute atomic E-state index is 0.0292. The molecule has 1 amide bonds. The number of carbonyl (C=O) groups excluding carboxylic acids is 1. The second-order valence-electron chi connectivity index (χ2n) is 5.61. The molecule has 1 aromatic rings. The molecule has 0 aromatic carbocycles. The van der Waals surface area contributed by atoms with Crippen LogP contribution in [0.25, 0.3) is 0 Å². The molecule has 0 atom stereocenters.